The average Bonchev–Trinajstić information content (AvgIpc) is 2.60. The van der Waals surface area contributed by atoms with E-state index in [4.69, 9.17) is 0 Å². The predicted octanol–water partition coefficient (Wildman–Crippen LogP) is 2.47. The van der Waals surface area contributed by atoms with Gasteiger partial charge >= 0.3 is 6.03 Å². The minimum atomic E-state index is -1.08. The number of nitrogens with zero attached hydrogens (tertiary/aromatic N) is 1. The number of anilines is 1. The Morgan fingerprint density at radius 1 is 1.12 bits per heavy atom. The highest BCUT2D eigenvalue weighted by molar-refractivity contribution is 5.73. The monoisotopic (exact) mass is 345 g/mol. The number of hydrogen-bond donors (Lipinski definition) is 3. The van der Waals surface area contributed by atoms with Crippen molar-refractivity contribution in [3.05, 3.63) is 65.5 Å². The molecule has 3 N–H and O–H groups in total. The van der Waals surface area contributed by atoms with Crippen molar-refractivity contribution < 1.29 is 14.3 Å². The highest BCUT2D eigenvalue weighted by Crippen LogP contribution is 2.15. The van der Waals surface area contributed by atoms with E-state index in [0.29, 0.717) is 13.0 Å². The highest BCUT2D eigenvalue weighted by atomic mass is 19.1. The summed E-state index contributed by atoms with van der Waals surface area (Å²) >= 11 is 0. The molecule has 1 atom stereocenters. The number of nitrogens with one attached hydrogen (secondary N) is 2. The molecular weight excluding hydrogens is 321 g/mol. The summed E-state index contributed by atoms with van der Waals surface area (Å²) in [6, 6.07) is 13.7. The van der Waals surface area contributed by atoms with Gasteiger partial charge in [-0.2, -0.15) is 0 Å². The van der Waals surface area contributed by atoms with Crippen molar-refractivity contribution in [2.75, 3.05) is 32.1 Å². The number of aliphatic hydroxyl groups is 1. The molecule has 0 saturated heterocycles. The van der Waals surface area contributed by atoms with Gasteiger partial charge in [-0.1, -0.05) is 30.3 Å². The maximum atomic E-state index is 13.5. The summed E-state index contributed by atoms with van der Waals surface area (Å²) in [5.74, 6) is -0.488. The summed E-state index contributed by atoms with van der Waals surface area (Å²) in [5.41, 5.74) is 2.41. The molecule has 0 radical (unpaired) electrons. The van der Waals surface area contributed by atoms with Crippen molar-refractivity contribution in [1.29, 1.82) is 0 Å². The molecule has 6 heteroatoms. The number of halogens is 1. The van der Waals surface area contributed by atoms with E-state index in [0.717, 1.165) is 11.3 Å². The van der Waals surface area contributed by atoms with Crippen molar-refractivity contribution in [2.45, 2.75) is 12.5 Å². The van der Waals surface area contributed by atoms with E-state index >= 15 is 0 Å². The van der Waals surface area contributed by atoms with Gasteiger partial charge in [-0.25, -0.2) is 9.18 Å². The molecule has 134 valence electrons. The number of aliphatic hydroxyl groups excluding tert-OH is 1. The van der Waals surface area contributed by atoms with E-state index in [-0.39, 0.29) is 18.1 Å². The van der Waals surface area contributed by atoms with Gasteiger partial charge in [-0.15, -0.1) is 0 Å². The second kappa shape index (κ2) is 9.03. The van der Waals surface area contributed by atoms with Gasteiger partial charge < -0.3 is 20.6 Å². The fourth-order valence-electron chi connectivity index (χ4n) is 2.39. The van der Waals surface area contributed by atoms with E-state index < -0.39 is 11.9 Å². The van der Waals surface area contributed by atoms with Crippen molar-refractivity contribution in [3.63, 3.8) is 0 Å². The summed E-state index contributed by atoms with van der Waals surface area (Å²) in [7, 11) is 3.97. The Kier molecular flexibility index (Phi) is 6.77. The van der Waals surface area contributed by atoms with Gasteiger partial charge in [0.15, 0.2) is 0 Å². The Balaban J connectivity index is 1.71. The van der Waals surface area contributed by atoms with Gasteiger partial charge in [0.1, 0.15) is 5.82 Å². The van der Waals surface area contributed by atoms with Crippen LogP contribution in [0.4, 0.5) is 14.9 Å². The zero-order chi connectivity index (χ0) is 18.2. The Morgan fingerprint density at radius 2 is 1.80 bits per heavy atom. The molecule has 0 aliphatic carbocycles. The first-order valence-electron chi connectivity index (χ1n) is 8.18. The van der Waals surface area contributed by atoms with Crippen LogP contribution in [0.15, 0.2) is 48.5 Å². The van der Waals surface area contributed by atoms with E-state index in [1.54, 1.807) is 12.1 Å². The van der Waals surface area contributed by atoms with E-state index in [1.807, 2.05) is 43.3 Å². The number of carbonyl (C=O) groups excluding carboxylic acids is 1. The van der Waals surface area contributed by atoms with Gasteiger partial charge in [-0.05, 0) is 30.2 Å². The standard InChI is InChI=1S/C19H24FN3O2/c1-23(2)15-9-7-14(8-10-15)11-12-21-19(25)22-13-18(24)16-5-3-4-6-17(16)20/h3-10,18,24H,11-13H2,1-2H3,(H2,21,22,25). The second-order valence-corrected chi connectivity index (χ2v) is 5.98. The Labute approximate surface area is 147 Å². The van der Waals surface area contributed by atoms with Gasteiger partial charge in [-0.3, -0.25) is 0 Å². The maximum absolute atomic E-state index is 13.5. The molecule has 0 heterocycles. The molecule has 0 bridgehead atoms. The lowest BCUT2D eigenvalue weighted by molar-refractivity contribution is 0.169. The van der Waals surface area contributed by atoms with Crippen LogP contribution in [0, 0.1) is 5.82 Å². The molecule has 0 aliphatic heterocycles. The van der Waals surface area contributed by atoms with Crippen LogP contribution in [0.5, 0.6) is 0 Å². The molecule has 0 spiro atoms. The molecule has 2 aromatic carbocycles. The van der Waals surface area contributed by atoms with Crippen LogP contribution in [0.25, 0.3) is 0 Å². The zero-order valence-corrected chi connectivity index (χ0v) is 14.5. The molecule has 5 nitrogen and oxygen atoms in total. The van der Waals surface area contributed by atoms with Crippen LogP contribution in [0.1, 0.15) is 17.2 Å². The lowest BCUT2D eigenvalue weighted by atomic mass is 10.1. The SMILES string of the molecule is CN(C)c1ccc(CCNC(=O)NCC(O)c2ccccc2F)cc1. The number of urea groups is 1. The number of rotatable bonds is 7. The molecule has 0 saturated carbocycles. The first-order valence-corrected chi connectivity index (χ1v) is 8.18. The lowest BCUT2D eigenvalue weighted by Gasteiger charge is -2.14. The molecule has 2 amide bonds. The normalized spacial score (nSPS) is 11.7. The Morgan fingerprint density at radius 3 is 2.44 bits per heavy atom. The van der Waals surface area contributed by atoms with Gasteiger partial charge in [0, 0.05) is 38.4 Å². The fraction of sp³-hybridized carbons (Fsp3) is 0.316. The molecule has 0 aliphatic rings. The van der Waals surface area contributed by atoms with Crippen LogP contribution in [0.2, 0.25) is 0 Å². The minimum Gasteiger partial charge on any atom is -0.386 e. The lowest BCUT2D eigenvalue weighted by Crippen LogP contribution is -2.38. The average molecular weight is 345 g/mol. The minimum absolute atomic E-state index is 0.0513. The smallest absolute Gasteiger partial charge is 0.314 e. The van der Waals surface area contributed by atoms with Crippen molar-refractivity contribution >= 4 is 11.7 Å². The van der Waals surface area contributed by atoms with Crippen molar-refractivity contribution in [1.82, 2.24) is 10.6 Å². The van der Waals surface area contributed by atoms with Crippen LogP contribution in [-0.2, 0) is 6.42 Å². The van der Waals surface area contributed by atoms with E-state index in [2.05, 4.69) is 10.6 Å². The number of hydrogen-bond acceptors (Lipinski definition) is 3. The summed E-state index contributed by atoms with van der Waals surface area (Å²) < 4.78 is 13.5. The van der Waals surface area contributed by atoms with Crippen LogP contribution in [-0.4, -0.2) is 38.3 Å². The second-order valence-electron chi connectivity index (χ2n) is 5.98. The van der Waals surface area contributed by atoms with Gasteiger partial charge in [0.25, 0.3) is 0 Å². The van der Waals surface area contributed by atoms with Crippen LogP contribution >= 0.6 is 0 Å². The molecule has 0 fully saturated rings. The first kappa shape index (κ1) is 18.7. The summed E-state index contributed by atoms with van der Waals surface area (Å²) in [5, 5.41) is 15.2. The summed E-state index contributed by atoms with van der Waals surface area (Å²) in [6.07, 6.45) is -0.373. The van der Waals surface area contributed by atoms with Crippen LogP contribution in [0.3, 0.4) is 0 Å². The number of benzene rings is 2. The third kappa shape index (κ3) is 5.76. The molecule has 2 aromatic rings. The predicted molar refractivity (Wildman–Crippen MR) is 97.2 cm³/mol. The molecule has 1 unspecified atom stereocenters. The third-order valence-corrected chi connectivity index (χ3v) is 3.87. The number of amides is 2. The van der Waals surface area contributed by atoms with Crippen LogP contribution < -0.4 is 15.5 Å². The van der Waals surface area contributed by atoms with Gasteiger partial charge in [0.2, 0.25) is 0 Å². The largest absolute Gasteiger partial charge is 0.386 e. The molecule has 25 heavy (non-hydrogen) atoms. The fourth-order valence-corrected chi connectivity index (χ4v) is 2.39. The van der Waals surface area contributed by atoms with E-state index in [9.17, 15) is 14.3 Å². The third-order valence-electron chi connectivity index (χ3n) is 3.87. The highest BCUT2D eigenvalue weighted by Gasteiger charge is 2.13. The quantitative estimate of drug-likeness (QED) is 0.722. The topological polar surface area (TPSA) is 64.6 Å². The first-order chi connectivity index (χ1) is 12.0. The van der Waals surface area contributed by atoms with Gasteiger partial charge in [0.05, 0.1) is 6.10 Å². The molecule has 2 rings (SSSR count). The molecular formula is C19H24FN3O2. The van der Waals surface area contributed by atoms with Crippen molar-refractivity contribution in [3.8, 4) is 0 Å². The summed E-state index contributed by atoms with van der Waals surface area (Å²) in [6.45, 7) is 0.424. The molecule has 0 aromatic heterocycles. The van der Waals surface area contributed by atoms with Crippen molar-refractivity contribution in [2.24, 2.45) is 0 Å². The Bertz CT molecular complexity index is 689. The Hall–Kier alpha value is -2.60. The maximum Gasteiger partial charge on any atom is 0.314 e. The zero-order valence-electron chi connectivity index (χ0n) is 14.5. The number of carbonyl (C=O) groups is 1. The summed E-state index contributed by atoms with van der Waals surface area (Å²) in [4.78, 5) is 13.8. The van der Waals surface area contributed by atoms with E-state index in [1.165, 1.54) is 12.1 Å².